The van der Waals surface area contributed by atoms with Gasteiger partial charge in [0.2, 0.25) is 17.7 Å². The van der Waals surface area contributed by atoms with Gasteiger partial charge in [0.25, 0.3) is 5.91 Å². The van der Waals surface area contributed by atoms with Gasteiger partial charge in [-0.3, -0.25) is 34.5 Å². The summed E-state index contributed by atoms with van der Waals surface area (Å²) in [5.41, 5.74) is 7.32. The van der Waals surface area contributed by atoms with Crippen LogP contribution in [-0.4, -0.2) is 97.1 Å². The third-order valence-electron chi connectivity index (χ3n) is 16.2. The predicted octanol–water partition coefficient (Wildman–Crippen LogP) is 10.2. The molecule has 5 heterocycles. The number of aliphatic hydroxyl groups excluding tert-OH is 1. The van der Waals surface area contributed by atoms with Crippen LogP contribution in [0, 0.1) is 30.1 Å². The number of aryl methyl sites for hydroxylation is 2. The van der Waals surface area contributed by atoms with Gasteiger partial charge >= 0.3 is 6.09 Å². The van der Waals surface area contributed by atoms with Crippen molar-refractivity contribution in [3.63, 3.8) is 0 Å². The highest BCUT2D eigenvalue weighted by molar-refractivity contribution is 7.22. The number of ether oxygens (including phenoxy) is 2. The molecule has 5 fully saturated rings. The van der Waals surface area contributed by atoms with E-state index in [1.54, 1.807) is 29.8 Å². The Hall–Kier alpha value is -6.83. The molecule has 0 radical (unpaired) electrons. The standard InChI is InChI=1S/C58H67N9O8S2/c1-34-45(64-55(73)75-42-9-7-6-8-10-42)24-39(29-60-34)38-15-16-44-47(25-38)77-54(63-44)66-53(72)58-20-17-57(18-21-58,19-22-58)32-74-43-23-40(28-59-30-43)50(69)65-49(56(3,4)5)52(71)67-31-41(68)26-46(67)51(70)61-27-36-11-13-37(14-12-36)48-35(2)62-33-76-48/h11-16,23-25,28-30,33,41-42,46,49,68H,6-10,17-22,26-27,31-32H2,1-5H3,(H,61,70)(H,64,73)(H,65,69)(H,63,66,72)/t41-,46+,49-,57?,58?/m1/s1. The van der Waals surface area contributed by atoms with Gasteiger partial charge in [-0.05, 0) is 124 Å². The van der Waals surface area contributed by atoms with Gasteiger partial charge in [0.15, 0.2) is 5.13 Å². The van der Waals surface area contributed by atoms with Crippen molar-refractivity contribution >= 4 is 73.4 Å². The summed E-state index contributed by atoms with van der Waals surface area (Å²) >= 11 is 3.00. The number of nitrogens with one attached hydrogen (secondary N) is 4. The van der Waals surface area contributed by atoms with Crippen LogP contribution in [0.2, 0.25) is 0 Å². The minimum absolute atomic E-state index is 0.0144. The van der Waals surface area contributed by atoms with Crippen LogP contribution in [0.1, 0.15) is 125 Å². The van der Waals surface area contributed by atoms with Gasteiger partial charge in [0.05, 0.1) is 62.2 Å². The quantitative estimate of drug-likeness (QED) is 0.0647. The third-order valence-corrected chi connectivity index (χ3v) is 18.1. The Labute approximate surface area is 456 Å². The molecule has 11 rings (SSSR count). The number of likely N-dealkylation sites (tertiary alicyclic amines) is 1. The molecule has 77 heavy (non-hydrogen) atoms. The number of carbonyl (C=O) groups excluding carboxylic acids is 5. The second-order valence-corrected chi connectivity index (χ2v) is 24.5. The Kier molecular flexibility index (Phi) is 15.5. The van der Waals surface area contributed by atoms with Crippen LogP contribution < -0.4 is 26.0 Å². The Morgan fingerprint density at radius 1 is 0.844 bits per heavy atom. The molecule has 3 atom stereocenters. The van der Waals surface area contributed by atoms with Crippen molar-refractivity contribution in [2.24, 2.45) is 16.2 Å². The number of hydrogen-bond acceptors (Lipinski definition) is 14. The smallest absolute Gasteiger partial charge is 0.411 e. The Balaban J connectivity index is 0.716. The Morgan fingerprint density at radius 3 is 2.30 bits per heavy atom. The predicted molar refractivity (Wildman–Crippen MR) is 296 cm³/mol. The summed E-state index contributed by atoms with van der Waals surface area (Å²) in [4.78, 5) is 89.2. The van der Waals surface area contributed by atoms with E-state index in [1.165, 1.54) is 28.9 Å². The number of benzene rings is 2. The van der Waals surface area contributed by atoms with Crippen molar-refractivity contribution < 1.29 is 38.6 Å². The van der Waals surface area contributed by atoms with E-state index in [4.69, 9.17) is 14.5 Å². The highest BCUT2D eigenvalue weighted by Crippen LogP contribution is 2.57. The van der Waals surface area contributed by atoms with Crippen molar-refractivity contribution in [2.75, 3.05) is 23.8 Å². The summed E-state index contributed by atoms with van der Waals surface area (Å²) in [7, 11) is 0. The number of aliphatic hydroxyl groups is 1. The highest BCUT2D eigenvalue weighted by atomic mass is 32.1. The van der Waals surface area contributed by atoms with Crippen LogP contribution in [0.5, 0.6) is 5.75 Å². The second-order valence-electron chi connectivity index (χ2n) is 22.6. The summed E-state index contributed by atoms with van der Waals surface area (Å²) < 4.78 is 13.0. The zero-order valence-corrected chi connectivity index (χ0v) is 45.9. The molecule has 17 nitrogen and oxygen atoms in total. The third kappa shape index (κ3) is 12.0. The molecule has 5 N–H and O–H groups in total. The molecule has 5 aliphatic rings. The number of rotatable bonds is 15. The maximum Gasteiger partial charge on any atom is 0.411 e. The van der Waals surface area contributed by atoms with E-state index in [9.17, 15) is 29.1 Å². The molecule has 1 saturated heterocycles. The maximum atomic E-state index is 14.4. The number of thiazole rings is 2. The van der Waals surface area contributed by atoms with Crippen molar-refractivity contribution in [3.05, 3.63) is 101 Å². The number of aromatic nitrogens is 4. The van der Waals surface area contributed by atoms with E-state index < -0.39 is 46.9 Å². The molecule has 0 unspecified atom stereocenters. The summed E-state index contributed by atoms with van der Waals surface area (Å²) in [6, 6.07) is 15.4. The minimum atomic E-state index is -1.03. The summed E-state index contributed by atoms with van der Waals surface area (Å²) in [6.07, 6.45) is 13.1. The molecule has 5 amide bonds. The number of carbonyl (C=O) groups is 5. The number of nitrogens with zero attached hydrogens (tertiary/aromatic N) is 5. The van der Waals surface area contributed by atoms with E-state index in [1.807, 2.05) is 88.7 Å². The van der Waals surface area contributed by atoms with E-state index >= 15 is 0 Å². The van der Waals surface area contributed by atoms with E-state index in [0.29, 0.717) is 48.1 Å². The molecule has 6 aromatic rings. The average Bonchev–Trinajstić information content (AvgIpc) is 4.20. The van der Waals surface area contributed by atoms with E-state index in [2.05, 4.69) is 36.2 Å². The minimum Gasteiger partial charge on any atom is -0.491 e. The lowest BCUT2D eigenvalue weighted by Gasteiger charge is -2.52. The first-order chi connectivity index (χ1) is 36.9. The summed E-state index contributed by atoms with van der Waals surface area (Å²) in [6.45, 7) is 9.95. The summed E-state index contributed by atoms with van der Waals surface area (Å²) in [5, 5.41) is 23.2. The fraction of sp³-hybridized carbons (Fsp3) is 0.466. The van der Waals surface area contributed by atoms with Crippen LogP contribution in [-0.2, 0) is 25.7 Å². The molecule has 404 valence electrons. The van der Waals surface area contributed by atoms with Crippen LogP contribution in [0.4, 0.5) is 15.6 Å². The van der Waals surface area contributed by atoms with E-state index in [0.717, 1.165) is 88.0 Å². The van der Waals surface area contributed by atoms with Crippen LogP contribution >= 0.6 is 22.7 Å². The fourth-order valence-electron chi connectivity index (χ4n) is 11.4. The monoisotopic (exact) mass is 1080 g/mol. The number of fused-ring (bicyclic) bond motifs is 4. The molecule has 2 bridgehead atoms. The molecular formula is C58H67N9O8S2. The second kappa shape index (κ2) is 22.3. The molecule has 4 aliphatic carbocycles. The van der Waals surface area contributed by atoms with Gasteiger partial charge in [-0.1, -0.05) is 68.9 Å². The van der Waals surface area contributed by atoms with Crippen molar-refractivity contribution in [2.45, 2.75) is 143 Å². The first-order valence-electron chi connectivity index (χ1n) is 26.7. The summed E-state index contributed by atoms with van der Waals surface area (Å²) in [5.74, 6) is -0.962. The van der Waals surface area contributed by atoms with Crippen LogP contribution in [0.25, 0.3) is 31.8 Å². The zero-order valence-electron chi connectivity index (χ0n) is 44.3. The van der Waals surface area contributed by atoms with Gasteiger partial charge in [0.1, 0.15) is 23.9 Å². The molecule has 0 spiro atoms. The number of anilines is 2. The molecule has 4 saturated carbocycles. The van der Waals surface area contributed by atoms with Gasteiger partial charge in [-0.2, -0.15) is 0 Å². The topological polar surface area (TPSA) is 227 Å². The SMILES string of the molecule is Cc1ncc(-c2ccc3nc(NC(=O)C45CCC(COc6cncc(C(=O)N[C@H](C(=O)N7C[C@H](O)C[C@H]7C(=O)NCc7ccc(-c8scnc8C)cc7)C(C)(C)C)c6)(CC4)CC5)sc3c2)cc1NC(=O)OC1CCCCC1. The van der Waals surface area contributed by atoms with Gasteiger partial charge in [-0.15, -0.1) is 11.3 Å². The average molecular weight is 1080 g/mol. The normalized spacial score (nSPS) is 21.8. The van der Waals surface area contributed by atoms with Gasteiger partial charge in [-0.25, -0.2) is 14.8 Å². The van der Waals surface area contributed by atoms with Crippen molar-refractivity contribution in [3.8, 4) is 27.3 Å². The molecule has 2 aromatic carbocycles. The number of β-amino-alcohol motifs (C(OH)–C–C–N with tert-alkyl or cyclic N) is 1. The Morgan fingerprint density at radius 2 is 1.58 bits per heavy atom. The first-order valence-corrected chi connectivity index (χ1v) is 28.4. The molecule has 1 aliphatic heterocycles. The molecule has 19 heteroatoms. The van der Waals surface area contributed by atoms with Crippen molar-refractivity contribution in [1.29, 1.82) is 0 Å². The largest absolute Gasteiger partial charge is 0.491 e. The van der Waals surface area contributed by atoms with Crippen LogP contribution in [0.3, 0.4) is 0 Å². The van der Waals surface area contributed by atoms with Gasteiger partial charge in [0, 0.05) is 48.3 Å². The zero-order chi connectivity index (χ0) is 54.1. The lowest BCUT2D eigenvalue weighted by Crippen LogP contribution is -2.57. The fourth-order valence-corrected chi connectivity index (χ4v) is 13.1. The lowest BCUT2D eigenvalue weighted by molar-refractivity contribution is -0.142. The van der Waals surface area contributed by atoms with Crippen molar-refractivity contribution in [1.82, 2.24) is 35.5 Å². The number of amides is 5. The Bertz CT molecular complexity index is 3160. The number of pyridine rings is 2. The maximum absolute atomic E-state index is 14.4. The number of hydrogen-bond donors (Lipinski definition) is 5. The molecule has 4 aromatic heterocycles. The lowest BCUT2D eigenvalue weighted by atomic mass is 9.53. The van der Waals surface area contributed by atoms with E-state index in [-0.39, 0.29) is 48.4 Å². The molecular weight excluding hydrogens is 1010 g/mol. The van der Waals surface area contributed by atoms with Crippen LogP contribution in [0.15, 0.2) is 78.7 Å². The van der Waals surface area contributed by atoms with Gasteiger partial charge < -0.3 is 35.4 Å². The highest BCUT2D eigenvalue weighted by Gasteiger charge is 2.53. The first kappa shape index (κ1) is 53.6.